The first-order chi connectivity index (χ1) is 4.84. The van der Waals surface area contributed by atoms with Crippen molar-refractivity contribution in [2.75, 3.05) is 0 Å². The Balaban J connectivity index is 0.000001000. The van der Waals surface area contributed by atoms with Crippen LogP contribution in [0.4, 0.5) is 0 Å². The molecule has 0 aliphatic carbocycles. The summed E-state index contributed by atoms with van der Waals surface area (Å²) in [5, 5.41) is 12.2. The summed E-state index contributed by atoms with van der Waals surface area (Å²) in [6.07, 6.45) is 0.400. The molecule has 0 spiro atoms. The molecule has 0 aliphatic heterocycles. The van der Waals surface area contributed by atoms with Gasteiger partial charge in [0.15, 0.2) is 0 Å². The third-order valence-electron chi connectivity index (χ3n) is 1.28. The molecule has 2 nitrogen and oxygen atoms in total. The van der Waals surface area contributed by atoms with Gasteiger partial charge in [0.05, 0.1) is 12.5 Å². The van der Waals surface area contributed by atoms with E-state index in [0.717, 1.165) is 5.56 Å². The van der Waals surface area contributed by atoms with E-state index in [1.165, 1.54) is 0 Å². The van der Waals surface area contributed by atoms with E-state index in [1.54, 1.807) is 11.3 Å². The van der Waals surface area contributed by atoms with Gasteiger partial charge in [0.25, 0.3) is 0 Å². The van der Waals surface area contributed by atoms with Gasteiger partial charge in [0.2, 0.25) is 0 Å². The van der Waals surface area contributed by atoms with Gasteiger partial charge in [-0.1, -0.05) is 0 Å². The van der Waals surface area contributed by atoms with E-state index in [0.29, 0.717) is 6.42 Å². The van der Waals surface area contributed by atoms with E-state index in [1.807, 2.05) is 22.9 Å². The zero-order chi connectivity index (χ0) is 7.40. The van der Waals surface area contributed by atoms with Crippen LogP contribution in [-0.4, -0.2) is 0 Å². The molecule has 0 aromatic carbocycles. The van der Waals surface area contributed by atoms with Crippen LogP contribution in [0.3, 0.4) is 0 Å². The number of hydrogen-bond donors (Lipinski definition) is 1. The molecule has 1 heterocycles. The highest BCUT2D eigenvalue weighted by atomic mass is 35.5. The number of nitriles is 1. The van der Waals surface area contributed by atoms with Gasteiger partial charge in [-0.25, -0.2) is 0 Å². The topological polar surface area (TPSA) is 49.8 Å². The zero-order valence-corrected chi connectivity index (χ0v) is 7.49. The lowest BCUT2D eigenvalue weighted by Crippen LogP contribution is -2.07. The largest absolute Gasteiger partial charge is 0.323 e. The van der Waals surface area contributed by atoms with E-state index in [2.05, 4.69) is 0 Å². The van der Waals surface area contributed by atoms with Gasteiger partial charge in [-0.05, 0) is 22.4 Å². The fourth-order valence-corrected chi connectivity index (χ4v) is 1.43. The third kappa shape index (κ3) is 2.89. The van der Waals surface area contributed by atoms with E-state index in [9.17, 15) is 0 Å². The van der Waals surface area contributed by atoms with Crippen LogP contribution >= 0.6 is 23.7 Å². The Kier molecular flexibility index (Phi) is 4.88. The molecule has 0 unspecified atom stereocenters. The minimum Gasteiger partial charge on any atom is -0.323 e. The van der Waals surface area contributed by atoms with Gasteiger partial charge in [-0.15, -0.1) is 12.4 Å². The first-order valence-corrected chi connectivity index (χ1v) is 3.93. The van der Waals surface area contributed by atoms with Crippen molar-refractivity contribution in [3.63, 3.8) is 0 Å². The third-order valence-corrected chi connectivity index (χ3v) is 1.98. The molecule has 1 aromatic heterocycles. The van der Waals surface area contributed by atoms with Crippen LogP contribution in [0.25, 0.3) is 0 Å². The molecular weight excluding hydrogens is 180 g/mol. The highest BCUT2D eigenvalue weighted by Crippen LogP contribution is 2.15. The van der Waals surface area contributed by atoms with Crippen molar-refractivity contribution in [2.24, 2.45) is 5.73 Å². The number of nitrogens with zero attached hydrogens (tertiary/aromatic N) is 1. The summed E-state index contributed by atoms with van der Waals surface area (Å²) in [7, 11) is 0. The number of hydrogen-bond acceptors (Lipinski definition) is 3. The molecule has 2 N–H and O–H groups in total. The van der Waals surface area contributed by atoms with Gasteiger partial charge < -0.3 is 5.73 Å². The van der Waals surface area contributed by atoms with E-state index >= 15 is 0 Å². The predicted molar refractivity (Wildman–Crippen MR) is 48.7 cm³/mol. The van der Waals surface area contributed by atoms with Gasteiger partial charge in [-0.3, -0.25) is 0 Å². The fraction of sp³-hybridized carbons (Fsp3) is 0.286. The minimum absolute atomic E-state index is 0. The van der Waals surface area contributed by atoms with E-state index < -0.39 is 0 Å². The van der Waals surface area contributed by atoms with Crippen molar-refractivity contribution in [1.82, 2.24) is 0 Å². The van der Waals surface area contributed by atoms with Crippen molar-refractivity contribution in [3.05, 3.63) is 22.4 Å². The van der Waals surface area contributed by atoms with Crippen molar-refractivity contribution in [3.8, 4) is 6.07 Å². The van der Waals surface area contributed by atoms with Crippen molar-refractivity contribution < 1.29 is 0 Å². The standard InChI is InChI=1S/C7H8N2S.ClH/c8-3-1-7(9)6-2-4-10-5-6;/h2,4-5,7H,1,9H2;1H/t7-;/m1./s1. The molecule has 1 rings (SSSR count). The molecule has 0 saturated heterocycles. The maximum atomic E-state index is 8.31. The summed E-state index contributed by atoms with van der Waals surface area (Å²) in [6.45, 7) is 0. The smallest absolute Gasteiger partial charge is 0.0641 e. The second kappa shape index (κ2) is 5.14. The normalized spacial score (nSPS) is 11.3. The maximum absolute atomic E-state index is 8.31. The van der Waals surface area contributed by atoms with Crippen LogP contribution < -0.4 is 5.73 Å². The van der Waals surface area contributed by atoms with Gasteiger partial charge in [-0.2, -0.15) is 16.6 Å². The van der Waals surface area contributed by atoms with Crippen LogP contribution in [0.1, 0.15) is 18.0 Å². The summed E-state index contributed by atoms with van der Waals surface area (Å²) in [6, 6.07) is 3.89. The average Bonchev–Trinajstić information content (AvgIpc) is 2.38. The second-order valence-electron chi connectivity index (χ2n) is 2.03. The molecule has 1 atom stereocenters. The highest BCUT2D eigenvalue weighted by molar-refractivity contribution is 7.07. The quantitative estimate of drug-likeness (QED) is 0.773. The Hall–Kier alpha value is -0.560. The first kappa shape index (κ1) is 10.4. The SMILES string of the molecule is Cl.N#CC[C@@H](N)c1ccsc1. The number of rotatable bonds is 2. The van der Waals surface area contributed by atoms with Crippen LogP contribution in [0.15, 0.2) is 16.8 Å². The summed E-state index contributed by atoms with van der Waals surface area (Å²) in [5.74, 6) is 0. The lowest BCUT2D eigenvalue weighted by molar-refractivity contribution is 0.752. The summed E-state index contributed by atoms with van der Waals surface area (Å²) >= 11 is 1.60. The van der Waals surface area contributed by atoms with Crippen molar-refractivity contribution >= 4 is 23.7 Å². The average molecular weight is 189 g/mol. The van der Waals surface area contributed by atoms with Gasteiger partial charge >= 0.3 is 0 Å². The minimum atomic E-state index is -0.101. The Morgan fingerprint density at radius 2 is 2.45 bits per heavy atom. The molecule has 11 heavy (non-hydrogen) atoms. The van der Waals surface area contributed by atoms with Crippen molar-refractivity contribution in [1.29, 1.82) is 5.26 Å². The number of halogens is 1. The Morgan fingerprint density at radius 1 is 1.73 bits per heavy atom. The van der Waals surface area contributed by atoms with Gasteiger partial charge in [0.1, 0.15) is 0 Å². The number of nitrogens with two attached hydrogens (primary N) is 1. The summed E-state index contributed by atoms with van der Waals surface area (Å²) in [4.78, 5) is 0. The maximum Gasteiger partial charge on any atom is 0.0641 e. The van der Waals surface area contributed by atoms with Crippen LogP contribution in [0.5, 0.6) is 0 Å². The molecule has 0 amide bonds. The zero-order valence-electron chi connectivity index (χ0n) is 5.86. The second-order valence-corrected chi connectivity index (χ2v) is 2.81. The molecule has 4 heteroatoms. The fourth-order valence-electron chi connectivity index (χ4n) is 0.702. The number of thiophene rings is 1. The molecule has 0 bridgehead atoms. The molecule has 0 fully saturated rings. The van der Waals surface area contributed by atoms with E-state index in [-0.39, 0.29) is 18.4 Å². The Bertz CT molecular complexity index is 227. The van der Waals surface area contributed by atoms with Crippen LogP contribution in [0, 0.1) is 11.3 Å². The predicted octanol–water partition coefficient (Wildman–Crippen LogP) is 2.08. The van der Waals surface area contributed by atoms with Crippen LogP contribution in [-0.2, 0) is 0 Å². The molecule has 60 valence electrons. The van der Waals surface area contributed by atoms with Gasteiger partial charge in [0, 0.05) is 6.04 Å². The van der Waals surface area contributed by atoms with E-state index in [4.69, 9.17) is 11.0 Å². The highest BCUT2D eigenvalue weighted by Gasteiger charge is 2.03. The molecule has 0 saturated carbocycles. The van der Waals surface area contributed by atoms with Crippen molar-refractivity contribution in [2.45, 2.75) is 12.5 Å². The Morgan fingerprint density at radius 3 is 2.91 bits per heavy atom. The Labute approximate surface area is 76.1 Å². The molecule has 1 aromatic rings. The molecule has 0 radical (unpaired) electrons. The molecule has 0 aliphatic rings. The first-order valence-electron chi connectivity index (χ1n) is 2.99. The summed E-state index contributed by atoms with van der Waals surface area (Å²) < 4.78 is 0. The summed E-state index contributed by atoms with van der Waals surface area (Å²) in [5.41, 5.74) is 6.70. The monoisotopic (exact) mass is 188 g/mol. The lowest BCUT2D eigenvalue weighted by Gasteiger charge is -2.01. The molecular formula is C7H9ClN2S. The van der Waals surface area contributed by atoms with Crippen LogP contribution in [0.2, 0.25) is 0 Å². The lowest BCUT2D eigenvalue weighted by atomic mass is 10.1.